The van der Waals surface area contributed by atoms with Crippen LogP contribution in [0.2, 0.25) is 0 Å². The zero-order valence-electron chi connectivity index (χ0n) is 60.9. The van der Waals surface area contributed by atoms with Crippen LogP contribution in [0.1, 0.15) is 0 Å². The zero-order valence-corrected chi connectivity index (χ0v) is 64.3. The van der Waals surface area contributed by atoms with Crippen molar-refractivity contribution < 1.29 is 8.83 Å². The Kier molecular flexibility index (Phi) is 16.4. The molecule has 23 rings (SSSR count). The molecule has 23 aromatic rings. The first-order valence-corrected chi connectivity index (χ1v) is 41.3. The first-order chi connectivity index (χ1) is 56.5. The quantitative estimate of drug-likeness (QED) is 0.0911. The molecule has 0 fully saturated rings. The van der Waals surface area contributed by atoms with Crippen molar-refractivity contribution in [1.82, 2.24) is 39.9 Å². The van der Waals surface area contributed by atoms with Gasteiger partial charge in [0.15, 0.2) is 0 Å². The molecule has 10 nitrogen and oxygen atoms in total. The second-order valence-electron chi connectivity index (χ2n) is 28.4. The van der Waals surface area contributed by atoms with Crippen molar-refractivity contribution in [2.75, 3.05) is 0 Å². The van der Waals surface area contributed by atoms with Crippen LogP contribution in [0.25, 0.3) is 228 Å². The summed E-state index contributed by atoms with van der Waals surface area (Å²) in [6.45, 7) is 0. The van der Waals surface area contributed by atoms with Gasteiger partial charge in [0.25, 0.3) is 0 Å². The summed E-state index contributed by atoms with van der Waals surface area (Å²) in [6.07, 6.45) is 0. The van der Waals surface area contributed by atoms with Gasteiger partial charge in [0.2, 0.25) is 11.8 Å². The summed E-state index contributed by atoms with van der Waals surface area (Å²) in [6, 6.07) is 127. The third kappa shape index (κ3) is 11.9. The van der Waals surface area contributed by atoms with Gasteiger partial charge >= 0.3 is 525 Å². The van der Waals surface area contributed by atoms with Crippen molar-refractivity contribution in [2.45, 2.75) is 0 Å². The molecule has 12 heteroatoms. The van der Waals surface area contributed by atoms with Crippen LogP contribution < -0.4 is 0 Å². The van der Waals surface area contributed by atoms with Crippen molar-refractivity contribution in [3.8, 4) is 125 Å². The van der Waals surface area contributed by atoms with Gasteiger partial charge in [-0.3, -0.25) is 0 Å². The Labute approximate surface area is 665 Å². The van der Waals surface area contributed by atoms with E-state index in [0.717, 1.165) is 121 Å². The van der Waals surface area contributed by atoms with Gasteiger partial charge in [0.05, 0.1) is 0 Å². The van der Waals surface area contributed by atoms with Crippen LogP contribution in [0, 0.1) is 0 Å². The van der Waals surface area contributed by atoms with E-state index in [9.17, 15) is 0 Å². The summed E-state index contributed by atoms with van der Waals surface area (Å²) >= 11 is 0.317. The molecule has 0 radical (unpaired) electrons. The molecule has 0 atom stereocenters. The van der Waals surface area contributed by atoms with E-state index in [0.29, 0.717) is 46.7 Å². The molecule has 17 aromatic carbocycles. The van der Waals surface area contributed by atoms with E-state index in [4.69, 9.17) is 48.7 Å². The number of hydrogen-bond acceptors (Lipinski definition) is 10. The summed E-state index contributed by atoms with van der Waals surface area (Å²) in [7, 11) is 0. The van der Waals surface area contributed by atoms with Crippen LogP contribution in [0.5, 0.6) is 0 Å². The standard InChI is InChI=1S/C54H32N4OSe.C48H28N4OSe/c1-4-13-33(14-5-1)38-19-10-20-40(31-38)54-55-45-30-29-36-27-25-35-26-28-39(32-44(35)47(36)49(45)59-54)52-56-51(37-17-8-3-9-18-37)57-53(58-52)43-23-12-24-46-48(43)42-22-11-21-41(50(42)60-46)34-15-6-2-7-16-34;1-4-13-29(14-5-1)34-21-12-22-37-38-28-33(24-26-41(38)54-44(34)37)46-50-45(30-15-6-2-7-16-30)51-47(52-46)39-27-32-23-25-40-43(42(32)36-20-11-10-19-35(36)39)53-48(49-40)31-17-8-3-9-18-31/h1-32H;1-28H. The number of aromatic nitrogens is 8. The summed E-state index contributed by atoms with van der Waals surface area (Å²) < 4.78 is 18.8. The van der Waals surface area contributed by atoms with Crippen LogP contribution in [-0.2, 0) is 0 Å². The van der Waals surface area contributed by atoms with Crippen molar-refractivity contribution >= 4 is 133 Å². The second kappa shape index (κ2) is 28.0. The summed E-state index contributed by atoms with van der Waals surface area (Å²) in [5, 5.41) is 13.4. The van der Waals surface area contributed by atoms with Gasteiger partial charge in [-0.15, -0.1) is 0 Å². The number of nitrogens with zero attached hydrogens (tertiary/aromatic N) is 8. The van der Waals surface area contributed by atoms with Crippen molar-refractivity contribution in [3.05, 3.63) is 364 Å². The van der Waals surface area contributed by atoms with E-state index in [1.165, 1.54) is 60.8 Å². The van der Waals surface area contributed by atoms with E-state index < -0.39 is 0 Å². The van der Waals surface area contributed by atoms with E-state index >= 15 is 0 Å². The van der Waals surface area contributed by atoms with Crippen LogP contribution in [0.4, 0.5) is 0 Å². The molecule has 532 valence electrons. The van der Waals surface area contributed by atoms with Gasteiger partial charge in [-0.25, -0.2) is 9.97 Å². The molecule has 0 unspecified atom stereocenters. The number of hydrogen-bond donors (Lipinski definition) is 0. The molecule has 0 aliphatic rings. The molecule has 0 bridgehead atoms. The van der Waals surface area contributed by atoms with Crippen molar-refractivity contribution in [1.29, 1.82) is 0 Å². The SMILES string of the molecule is c1ccc(-c2cccc(-c3nc4ccc5ccc6ccc(-c7nc(-c8ccccc8)nc(-c8cccc9[se]c%10c(-c%11ccccc%11)cccc%10c89)n7)cc6c5c4o3)c2)cc1.c1ccc(-c2nc(-c3ccc4[se]c5c(-c6ccccc6)cccc5c4c3)nc(-c3cc4ccc5nc(-c6ccccc6)oc5c4c4ccccc34)n2)cc1. The molecular formula is C102H60N8O2Se2. The fraction of sp³-hybridized carbons (Fsp3) is 0. The molecule has 0 amide bonds. The number of benzene rings is 17. The normalized spacial score (nSPS) is 11.7. The Morgan fingerprint density at radius 1 is 0.193 bits per heavy atom. The Balaban J connectivity index is 0.000000140. The summed E-state index contributed by atoms with van der Waals surface area (Å²) in [5.41, 5.74) is 18.1. The first kappa shape index (κ1) is 66.7. The Morgan fingerprint density at radius 3 is 1.24 bits per heavy atom. The number of oxazole rings is 2. The molecule has 0 saturated carbocycles. The monoisotopic (exact) mass is 1590 g/mol. The zero-order chi connectivity index (χ0) is 75.2. The molecule has 0 saturated heterocycles. The predicted octanol–water partition coefficient (Wildman–Crippen LogP) is 25.7. The van der Waals surface area contributed by atoms with Gasteiger partial charge in [-0.2, -0.15) is 0 Å². The maximum atomic E-state index is 6.72. The Bertz CT molecular complexity index is 7720. The minimum atomic E-state index is 0.126. The van der Waals surface area contributed by atoms with Crippen LogP contribution in [-0.4, -0.2) is 68.9 Å². The van der Waals surface area contributed by atoms with E-state index in [2.05, 4.69) is 279 Å². The number of rotatable bonds is 11. The summed E-state index contributed by atoms with van der Waals surface area (Å²) in [5.74, 6) is 4.99. The fourth-order valence-electron chi connectivity index (χ4n) is 16.1. The first-order valence-electron chi connectivity index (χ1n) is 37.8. The molecule has 0 spiro atoms. The third-order valence-electron chi connectivity index (χ3n) is 21.5. The molecule has 114 heavy (non-hydrogen) atoms. The second-order valence-corrected chi connectivity index (χ2v) is 32.8. The maximum absolute atomic E-state index is 6.72. The van der Waals surface area contributed by atoms with Gasteiger partial charge in [0, 0.05) is 11.1 Å². The van der Waals surface area contributed by atoms with E-state index in [-0.39, 0.29) is 29.0 Å². The van der Waals surface area contributed by atoms with E-state index in [1.54, 1.807) is 0 Å². The van der Waals surface area contributed by atoms with Gasteiger partial charge < -0.3 is 4.42 Å². The molecule has 0 aliphatic carbocycles. The Morgan fingerprint density at radius 2 is 0.605 bits per heavy atom. The van der Waals surface area contributed by atoms with E-state index in [1.807, 2.05) is 84.9 Å². The third-order valence-corrected chi connectivity index (χ3v) is 26.6. The topological polar surface area (TPSA) is 129 Å². The van der Waals surface area contributed by atoms with Crippen LogP contribution >= 0.6 is 0 Å². The average Bonchev–Trinajstić information content (AvgIpc) is 1.33. The predicted molar refractivity (Wildman–Crippen MR) is 469 cm³/mol. The molecule has 0 aliphatic heterocycles. The van der Waals surface area contributed by atoms with Gasteiger partial charge in [-0.1, -0.05) is 60.7 Å². The Hall–Kier alpha value is -14.2. The average molecular weight is 1590 g/mol. The summed E-state index contributed by atoms with van der Waals surface area (Å²) in [4.78, 5) is 41.1. The minimum absolute atomic E-state index is 0.126. The molecular weight excluding hydrogens is 1530 g/mol. The number of fused-ring (bicyclic) bond motifs is 16. The van der Waals surface area contributed by atoms with Crippen molar-refractivity contribution in [3.63, 3.8) is 0 Å². The molecule has 6 aromatic heterocycles. The molecule has 6 heterocycles. The van der Waals surface area contributed by atoms with Crippen molar-refractivity contribution in [2.24, 2.45) is 0 Å². The van der Waals surface area contributed by atoms with Gasteiger partial charge in [0.1, 0.15) is 5.52 Å². The van der Waals surface area contributed by atoms with Crippen LogP contribution in [0.15, 0.2) is 373 Å². The van der Waals surface area contributed by atoms with Gasteiger partial charge in [-0.05, 0) is 41.5 Å². The molecule has 0 N–H and O–H groups in total. The van der Waals surface area contributed by atoms with Crippen LogP contribution in [0.3, 0.4) is 0 Å². The fourth-order valence-corrected chi connectivity index (χ4v) is 21.3.